The monoisotopic (exact) mass is 483 g/mol. The van der Waals surface area contributed by atoms with Gasteiger partial charge in [-0.15, -0.1) is 0 Å². The molecule has 0 radical (unpaired) electrons. The molecule has 2 N–H and O–H groups in total. The molecule has 0 saturated carbocycles. The Balaban J connectivity index is 1.66. The molecule has 0 fully saturated rings. The van der Waals surface area contributed by atoms with Gasteiger partial charge in [0.15, 0.2) is 5.16 Å². The van der Waals surface area contributed by atoms with Gasteiger partial charge in [0.2, 0.25) is 5.91 Å². The van der Waals surface area contributed by atoms with E-state index in [9.17, 15) is 4.79 Å². The van der Waals surface area contributed by atoms with Gasteiger partial charge in [0.1, 0.15) is 5.75 Å². The number of nitrogens with zero attached hydrogens (tertiary/aromatic N) is 1. The van der Waals surface area contributed by atoms with Gasteiger partial charge in [-0.25, -0.2) is 4.98 Å². The van der Waals surface area contributed by atoms with Gasteiger partial charge < -0.3 is 15.0 Å². The number of halogens is 2. The third-order valence-corrected chi connectivity index (χ3v) is 5.62. The Hall–Kier alpha value is -1.51. The number of imidazole rings is 1. The molecule has 1 heterocycles. The van der Waals surface area contributed by atoms with Gasteiger partial charge in [-0.2, -0.15) is 0 Å². The number of anilines is 1. The van der Waals surface area contributed by atoms with Gasteiger partial charge in [-0.3, -0.25) is 4.79 Å². The highest BCUT2D eigenvalue weighted by atomic mass is 79.9. The zero-order valence-electron chi connectivity index (χ0n) is 13.5. The lowest BCUT2D eigenvalue weighted by atomic mass is 10.2. The number of aryl methyl sites for hydroxylation is 1. The number of benzene rings is 2. The van der Waals surface area contributed by atoms with Crippen molar-refractivity contribution in [3.05, 3.63) is 44.8 Å². The first-order valence-electron chi connectivity index (χ1n) is 7.38. The lowest BCUT2D eigenvalue weighted by molar-refractivity contribution is -0.113. The fraction of sp³-hybridized carbons (Fsp3) is 0.176. The zero-order chi connectivity index (χ0) is 18.0. The molecule has 0 saturated heterocycles. The summed E-state index contributed by atoms with van der Waals surface area (Å²) in [5, 5.41) is 3.60. The highest BCUT2D eigenvalue weighted by Gasteiger charge is 2.12. The molecular formula is C17H15Br2N3O2S. The number of H-pyrrole nitrogens is 1. The summed E-state index contributed by atoms with van der Waals surface area (Å²) < 4.78 is 6.84. The lowest BCUT2D eigenvalue weighted by Crippen LogP contribution is -2.14. The number of amides is 1. The Morgan fingerprint density at radius 2 is 2.08 bits per heavy atom. The number of fused-ring (bicyclic) bond motifs is 1. The van der Waals surface area contributed by atoms with Crippen molar-refractivity contribution in [1.29, 1.82) is 0 Å². The molecule has 3 aromatic rings. The third-order valence-electron chi connectivity index (χ3n) is 3.47. The SMILES string of the molecule is COc1cc(NC(=O)CSc2nc3ccc(C)cc3[nH]2)c(Br)cc1Br. The summed E-state index contributed by atoms with van der Waals surface area (Å²) in [4.78, 5) is 20.0. The molecule has 1 aromatic heterocycles. The molecule has 0 aliphatic rings. The van der Waals surface area contributed by atoms with E-state index in [1.165, 1.54) is 17.3 Å². The van der Waals surface area contributed by atoms with Crippen LogP contribution < -0.4 is 10.1 Å². The molecule has 0 aliphatic carbocycles. The van der Waals surface area contributed by atoms with Crippen LogP contribution in [-0.4, -0.2) is 28.7 Å². The van der Waals surface area contributed by atoms with E-state index in [0.717, 1.165) is 25.1 Å². The molecule has 25 heavy (non-hydrogen) atoms. The number of aromatic nitrogens is 2. The number of hydrogen-bond donors (Lipinski definition) is 2. The minimum Gasteiger partial charge on any atom is -0.495 e. The molecule has 0 unspecified atom stereocenters. The van der Waals surface area contributed by atoms with Gasteiger partial charge in [0, 0.05) is 10.5 Å². The van der Waals surface area contributed by atoms with Crippen LogP contribution >= 0.6 is 43.6 Å². The quantitative estimate of drug-likeness (QED) is 0.492. The molecular weight excluding hydrogens is 470 g/mol. The van der Waals surface area contributed by atoms with Crippen LogP contribution in [0.5, 0.6) is 5.75 Å². The van der Waals surface area contributed by atoms with E-state index >= 15 is 0 Å². The first kappa shape index (κ1) is 18.3. The molecule has 8 heteroatoms. The Morgan fingerprint density at radius 1 is 1.28 bits per heavy atom. The molecule has 0 spiro atoms. The van der Waals surface area contributed by atoms with E-state index in [2.05, 4.69) is 47.1 Å². The van der Waals surface area contributed by atoms with Crippen molar-refractivity contribution in [3.8, 4) is 5.75 Å². The largest absolute Gasteiger partial charge is 0.495 e. The highest BCUT2D eigenvalue weighted by molar-refractivity contribution is 9.11. The van der Waals surface area contributed by atoms with Crippen LogP contribution in [-0.2, 0) is 4.79 Å². The lowest BCUT2D eigenvalue weighted by Gasteiger charge is -2.10. The van der Waals surface area contributed by atoms with E-state index in [-0.39, 0.29) is 11.7 Å². The van der Waals surface area contributed by atoms with E-state index in [1.807, 2.05) is 31.2 Å². The number of carbonyl (C=O) groups is 1. The molecule has 2 aromatic carbocycles. The van der Waals surface area contributed by atoms with Crippen LogP contribution in [0.3, 0.4) is 0 Å². The number of rotatable bonds is 5. The van der Waals surface area contributed by atoms with Crippen LogP contribution in [0.4, 0.5) is 5.69 Å². The van der Waals surface area contributed by atoms with Gasteiger partial charge in [0.25, 0.3) is 0 Å². The Bertz CT molecular complexity index is 943. The van der Waals surface area contributed by atoms with Gasteiger partial charge in [0.05, 0.1) is 34.1 Å². The van der Waals surface area contributed by atoms with E-state index in [0.29, 0.717) is 11.4 Å². The maximum absolute atomic E-state index is 12.2. The van der Waals surface area contributed by atoms with E-state index < -0.39 is 0 Å². The number of nitrogens with one attached hydrogen (secondary N) is 2. The molecule has 0 bridgehead atoms. The predicted molar refractivity (Wildman–Crippen MR) is 109 cm³/mol. The summed E-state index contributed by atoms with van der Waals surface area (Å²) in [6.07, 6.45) is 0. The normalized spacial score (nSPS) is 10.9. The number of ether oxygens (including phenoxy) is 1. The maximum atomic E-state index is 12.2. The first-order chi connectivity index (χ1) is 12.0. The number of carbonyl (C=O) groups excluding carboxylic acids is 1. The van der Waals surface area contributed by atoms with Gasteiger partial charge in [-0.05, 0) is 62.5 Å². The summed E-state index contributed by atoms with van der Waals surface area (Å²) in [7, 11) is 1.58. The van der Waals surface area contributed by atoms with Crippen molar-refractivity contribution in [3.63, 3.8) is 0 Å². The molecule has 5 nitrogen and oxygen atoms in total. The van der Waals surface area contributed by atoms with Crippen LogP contribution in [0.2, 0.25) is 0 Å². The van der Waals surface area contributed by atoms with E-state index in [1.54, 1.807) is 13.2 Å². The minimum atomic E-state index is -0.119. The Labute approximate surface area is 166 Å². The van der Waals surface area contributed by atoms with Crippen molar-refractivity contribution in [1.82, 2.24) is 9.97 Å². The third kappa shape index (κ3) is 4.37. The average Bonchev–Trinajstić information content (AvgIpc) is 2.97. The van der Waals surface area contributed by atoms with Crippen LogP contribution in [0.1, 0.15) is 5.56 Å². The summed E-state index contributed by atoms with van der Waals surface area (Å²) in [6.45, 7) is 2.03. The summed E-state index contributed by atoms with van der Waals surface area (Å²) in [5.74, 6) is 0.786. The predicted octanol–water partition coefficient (Wildman–Crippen LogP) is 5.14. The number of aromatic amines is 1. The summed E-state index contributed by atoms with van der Waals surface area (Å²) in [6, 6.07) is 9.63. The van der Waals surface area contributed by atoms with Crippen LogP contribution in [0.15, 0.2) is 44.4 Å². The molecule has 0 aliphatic heterocycles. The highest BCUT2D eigenvalue weighted by Crippen LogP contribution is 2.34. The van der Waals surface area contributed by atoms with Crippen molar-refractivity contribution in [2.24, 2.45) is 0 Å². The second-order valence-electron chi connectivity index (χ2n) is 5.37. The number of methoxy groups -OCH3 is 1. The molecule has 3 rings (SSSR count). The van der Waals surface area contributed by atoms with E-state index in [4.69, 9.17) is 4.74 Å². The fourth-order valence-corrected chi connectivity index (χ4v) is 4.21. The number of thioether (sulfide) groups is 1. The van der Waals surface area contributed by atoms with Crippen LogP contribution in [0, 0.1) is 6.92 Å². The minimum absolute atomic E-state index is 0.119. The first-order valence-corrected chi connectivity index (χ1v) is 9.95. The second kappa shape index (κ2) is 7.80. The molecule has 130 valence electrons. The van der Waals surface area contributed by atoms with Crippen molar-refractivity contribution in [2.75, 3.05) is 18.2 Å². The van der Waals surface area contributed by atoms with Gasteiger partial charge >= 0.3 is 0 Å². The second-order valence-corrected chi connectivity index (χ2v) is 8.04. The number of hydrogen-bond acceptors (Lipinski definition) is 4. The summed E-state index contributed by atoms with van der Waals surface area (Å²) >= 11 is 8.21. The Morgan fingerprint density at radius 3 is 2.84 bits per heavy atom. The van der Waals surface area contributed by atoms with Crippen molar-refractivity contribution >= 4 is 66.2 Å². The summed E-state index contributed by atoms with van der Waals surface area (Å²) in [5.41, 5.74) is 3.70. The fourth-order valence-electron chi connectivity index (χ4n) is 2.27. The Kier molecular flexibility index (Phi) is 5.71. The van der Waals surface area contributed by atoms with Gasteiger partial charge in [-0.1, -0.05) is 17.8 Å². The topological polar surface area (TPSA) is 67.0 Å². The van der Waals surface area contributed by atoms with Crippen molar-refractivity contribution in [2.45, 2.75) is 12.1 Å². The zero-order valence-corrected chi connectivity index (χ0v) is 17.5. The standard InChI is InChI=1S/C17H15Br2N3O2S/c1-9-3-4-12-14(5-9)22-17(21-12)25-8-16(23)20-13-7-15(24-2)11(19)6-10(13)18/h3-7H,8H2,1-2H3,(H,20,23)(H,21,22). The molecule has 1 amide bonds. The van der Waals surface area contributed by atoms with Crippen LogP contribution in [0.25, 0.3) is 11.0 Å². The average molecular weight is 485 g/mol. The molecule has 0 atom stereocenters. The maximum Gasteiger partial charge on any atom is 0.234 e. The van der Waals surface area contributed by atoms with Crippen molar-refractivity contribution < 1.29 is 9.53 Å². The smallest absolute Gasteiger partial charge is 0.234 e.